The molecule has 17 heavy (non-hydrogen) atoms. The molecule has 3 rings (SSSR count). The van der Waals surface area contributed by atoms with Crippen molar-refractivity contribution in [3.8, 4) is 0 Å². The van der Waals surface area contributed by atoms with Crippen LogP contribution < -0.4 is 5.73 Å². The lowest BCUT2D eigenvalue weighted by Gasteiger charge is -2.34. The number of rotatable bonds is 2. The fourth-order valence-corrected chi connectivity index (χ4v) is 4.26. The minimum absolute atomic E-state index is 0.0719. The van der Waals surface area contributed by atoms with Gasteiger partial charge in [0.2, 0.25) is 0 Å². The van der Waals surface area contributed by atoms with E-state index in [0.717, 1.165) is 34.4 Å². The van der Waals surface area contributed by atoms with Crippen LogP contribution in [0, 0.1) is 11.8 Å². The SMILES string of the molecule is NC1(Cc2c(Cl)cccc2Cl)CC2CCC1C2. The van der Waals surface area contributed by atoms with Gasteiger partial charge in [-0.05, 0) is 55.2 Å². The Morgan fingerprint density at radius 3 is 2.47 bits per heavy atom. The Hall–Kier alpha value is -0.240. The summed E-state index contributed by atoms with van der Waals surface area (Å²) < 4.78 is 0. The molecule has 2 fully saturated rings. The molecule has 2 aliphatic carbocycles. The van der Waals surface area contributed by atoms with Gasteiger partial charge in [0, 0.05) is 15.6 Å². The highest BCUT2D eigenvalue weighted by Gasteiger charge is 2.48. The summed E-state index contributed by atoms with van der Waals surface area (Å²) in [4.78, 5) is 0. The van der Waals surface area contributed by atoms with Crippen LogP contribution in [0.3, 0.4) is 0 Å². The zero-order valence-electron chi connectivity index (χ0n) is 9.76. The van der Waals surface area contributed by atoms with Gasteiger partial charge >= 0.3 is 0 Å². The molecule has 2 saturated carbocycles. The van der Waals surface area contributed by atoms with Crippen molar-refractivity contribution in [2.24, 2.45) is 17.6 Å². The van der Waals surface area contributed by atoms with E-state index in [1.165, 1.54) is 19.3 Å². The summed E-state index contributed by atoms with van der Waals surface area (Å²) in [6.45, 7) is 0. The number of hydrogen-bond donors (Lipinski definition) is 1. The van der Waals surface area contributed by atoms with Crippen molar-refractivity contribution in [1.29, 1.82) is 0 Å². The first-order valence-corrected chi connectivity index (χ1v) is 7.06. The van der Waals surface area contributed by atoms with Gasteiger partial charge in [0.05, 0.1) is 0 Å². The van der Waals surface area contributed by atoms with E-state index in [0.29, 0.717) is 5.92 Å². The number of hydrogen-bond acceptors (Lipinski definition) is 1. The fraction of sp³-hybridized carbons (Fsp3) is 0.571. The first kappa shape index (κ1) is 11.8. The lowest BCUT2D eigenvalue weighted by atomic mass is 9.77. The van der Waals surface area contributed by atoms with Crippen LogP contribution in [0.4, 0.5) is 0 Å². The van der Waals surface area contributed by atoms with Gasteiger partial charge in [0.25, 0.3) is 0 Å². The van der Waals surface area contributed by atoms with Gasteiger partial charge < -0.3 is 5.73 Å². The van der Waals surface area contributed by atoms with Gasteiger partial charge in [0.1, 0.15) is 0 Å². The standard InChI is InChI=1S/C14H17Cl2N/c15-12-2-1-3-13(16)11(12)8-14(17)7-9-4-5-10(14)6-9/h1-3,9-10H,4-8,17H2. The predicted molar refractivity (Wildman–Crippen MR) is 72.5 cm³/mol. The van der Waals surface area contributed by atoms with E-state index in [9.17, 15) is 0 Å². The maximum atomic E-state index is 6.60. The Labute approximate surface area is 112 Å². The third kappa shape index (κ3) is 1.99. The topological polar surface area (TPSA) is 26.0 Å². The molecule has 3 atom stereocenters. The highest BCUT2D eigenvalue weighted by molar-refractivity contribution is 6.36. The van der Waals surface area contributed by atoms with Crippen molar-refractivity contribution >= 4 is 23.2 Å². The second kappa shape index (κ2) is 4.15. The van der Waals surface area contributed by atoms with E-state index in [2.05, 4.69) is 0 Å². The summed E-state index contributed by atoms with van der Waals surface area (Å²) >= 11 is 12.5. The largest absolute Gasteiger partial charge is 0.325 e. The number of fused-ring (bicyclic) bond motifs is 2. The van der Waals surface area contributed by atoms with Gasteiger partial charge in [-0.3, -0.25) is 0 Å². The van der Waals surface area contributed by atoms with Gasteiger partial charge in [-0.15, -0.1) is 0 Å². The van der Waals surface area contributed by atoms with E-state index in [1.807, 2.05) is 18.2 Å². The summed E-state index contributed by atoms with van der Waals surface area (Å²) in [5.74, 6) is 1.51. The maximum Gasteiger partial charge on any atom is 0.0453 e. The van der Waals surface area contributed by atoms with E-state index in [1.54, 1.807) is 0 Å². The fourth-order valence-electron chi connectivity index (χ4n) is 3.73. The molecule has 0 radical (unpaired) electrons. The van der Waals surface area contributed by atoms with Crippen molar-refractivity contribution in [2.75, 3.05) is 0 Å². The van der Waals surface area contributed by atoms with E-state index in [4.69, 9.17) is 28.9 Å². The molecule has 1 aromatic rings. The average Bonchev–Trinajstić information content (AvgIpc) is 2.83. The van der Waals surface area contributed by atoms with E-state index < -0.39 is 0 Å². The van der Waals surface area contributed by atoms with Crippen LogP contribution >= 0.6 is 23.2 Å². The Kier molecular flexibility index (Phi) is 2.89. The molecule has 0 aromatic heterocycles. The second-order valence-electron chi connectivity index (χ2n) is 5.69. The molecule has 0 spiro atoms. The molecule has 2 N–H and O–H groups in total. The summed E-state index contributed by atoms with van der Waals surface area (Å²) in [6, 6.07) is 5.69. The molecule has 2 aliphatic rings. The Morgan fingerprint density at radius 2 is 1.94 bits per heavy atom. The zero-order valence-corrected chi connectivity index (χ0v) is 11.3. The predicted octanol–water partition coefficient (Wildman–Crippen LogP) is 4.05. The summed E-state index contributed by atoms with van der Waals surface area (Å²) in [5.41, 5.74) is 7.56. The highest BCUT2D eigenvalue weighted by Crippen LogP contribution is 2.51. The minimum Gasteiger partial charge on any atom is -0.325 e. The lowest BCUT2D eigenvalue weighted by molar-refractivity contribution is 0.269. The molecule has 1 nitrogen and oxygen atoms in total. The molecule has 92 valence electrons. The smallest absolute Gasteiger partial charge is 0.0453 e. The molecule has 0 saturated heterocycles. The number of nitrogens with two attached hydrogens (primary N) is 1. The first-order chi connectivity index (χ1) is 8.08. The van der Waals surface area contributed by atoms with Crippen molar-refractivity contribution in [3.63, 3.8) is 0 Å². The maximum absolute atomic E-state index is 6.60. The summed E-state index contributed by atoms with van der Waals surface area (Å²) in [5, 5.41) is 1.51. The molecule has 1 aromatic carbocycles. The third-order valence-corrected chi connectivity index (χ3v) is 5.30. The molecule has 0 heterocycles. The van der Waals surface area contributed by atoms with Crippen molar-refractivity contribution in [1.82, 2.24) is 0 Å². The van der Waals surface area contributed by atoms with Gasteiger partial charge in [-0.1, -0.05) is 35.7 Å². The Morgan fingerprint density at radius 1 is 1.24 bits per heavy atom. The lowest BCUT2D eigenvalue weighted by Crippen LogP contribution is -2.47. The summed E-state index contributed by atoms with van der Waals surface area (Å²) in [7, 11) is 0. The average molecular weight is 270 g/mol. The number of halogens is 2. The molecule has 0 amide bonds. The third-order valence-electron chi connectivity index (χ3n) is 4.59. The van der Waals surface area contributed by atoms with Crippen LogP contribution in [-0.2, 0) is 6.42 Å². The number of benzene rings is 1. The molecule has 3 heteroatoms. The van der Waals surface area contributed by atoms with Crippen molar-refractivity contribution in [3.05, 3.63) is 33.8 Å². The van der Waals surface area contributed by atoms with Crippen LogP contribution in [-0.4, -0.2) is 5.54 Å². The van der Waals surface area contributed by atoms with Crippen LogP contribution in [0.2, 0.25) is 10.0 Å². The quantitative estimate of drug-likeness (QED) is 0.861. The van der Waals surface area contributed by atoms with Crippen LogP contribution in [0.25, 0.3) is 0 Å². The molecular weight excluding hydrogens is 253 g/mol. The van der Waals surface area contributed by atoms with Crippen molar-refractivity contribution in [2.45, 2.75) is 37.6 Å². The molecule has 3 unspecified atom stereocenters. The van der Waals surface area contributed by atoms with Crippen LogP contribution in [0.5, 0.6) is 0 Å². The molecular formula is C14H17Cl2N. The van der Waals surface area contributed by atoms with Gasteiger partial charge in [0.15, 0.2) is 0 Å². The highest BCUT2D eigenvalue weighted by atomic mass is 35.5. The molecule has 0 aliphatic heterocycles. The normalized spacial score (nSPS) is 35.5. The van der Waals surface area contributed by atoms with Gasteiger partial charge in [-0.2, -0.15) is 0 Å². The van der Waals surface area contributed by atoms with E-state index in [-0.39, 0.29) is 5.54 Å². The second-order valence-corrected chi connectivity index (χ2v) is 6.50. The van der Waals surface area contributed by atoms with Crippen molar-refractivity contribution < 1.29 is 0 Å². The van der Waals surface area contributed by atoms with Crippen LogP contribution in [0.15, 0.2) is 18.2 Å². The zero-order chi connectivity index (χ0) is 12.0. The Balaban J connectivity index is 1.88. The molecule has 2 bridgehead atoms. The summed E-state index contributed by atoms with van der Waals surface area (Å²) in [6.07, 6.45) is 5.91. The first-order valence-electron chi connectivity index (χ1n) is 6.30. The van der Waals surface area contributed by atoms with Crippen LogP contribution in [0.1, 0.15) is 31.2 Å². The Bertz CT molecular complexity index is 426. The van der Waals surface area contributed by atoms with Gasteiger partial charge in [-0.25, -0.2) is 0 Å². The minimum atomic E-state index is -0.0719. The monoisotopic (exact) mass is 269 g/mol. The van der Waals surface area contributed by atoms with E-state index >= 15 is 0 Å².